The summed E-state index contributed by atoms with van der Waals surface area (Å²) in [6.45, 7) is 0. The molecule has 0 aliphatic heterocycles. The summed E-state index contributed by atoms with van der Waals surface area (Å²) in [5.41, 5.74) is 10.6. The second-order valence-corrected chi connectivity index (χ2v) is 15.5. The standard InChI is InChI=1S/C54H42N6/c1-6-16-38(17-7-1)39-24-26-43(27-25-39)51-56-50(42-22-12-4-13-23-42)59-53(60-51)45-30-34-47(35-31-45)54(36-14-5-15-37-54)46-32-28-44(29-33-46)52-57-48(40-18-8-2-9-19-40)55-49(58-52)41-20-10-3-11-21-41/h1-4,6-13,16-35H,5,14-15,36-37H2. The van der Waals surface area contributed by atoms with Gasteiger partial charge in [0.15, 0.2) is 34.9 Å². The smallest absolute Gasteiger partial charge is 0.164 e. The minimum Gasteiger partial charge on any atom is -0.208 e. The molecule has 1 aliphatic rings. The molecule has 9 aromatic rings. The normalized spacial score (nSPS) is 13.5. The van der Waals surface area contributed by atoms with Crippen molar-refractivity contribution in [1.29, 1.82) is 0 Å². The van der Waals surface area contributed by atoms with Gasteiger partial charge in [-0.05, 0) is 35.1 Å². The van der Waals surface area contributed by atoms with Crippen LogP contribution in [0.1, 0.15) is 43.2 Å². The Morgan fingerprint density at radius 3 is 0.783 bits per heavy atom. The van der Waals surface area contributed by atoms with E-state index in [1.807, 2.05) is 97.1 Å². The van der Waals surface area contributed by atoms with Crippen molar-refractivity contribution in [3.05, 3.63) is 205 Å². The van der Waals surface area contributed by atoms with Crippen molar-refractivity contribution in [3.8, 4) is 79.5 Å². The lowest BCUT2D eigenvalue weighted by Crippen LogP contribution is -2.30. The zero-order valence-corrected chi connectivity index (χ0v) is 33.2. The average Bonchev–Trinajstić information content (AvgIpc) is 3.35. The predicted octanol–water partition coefficient (Wildman–Crippen LogP) is 13.0. The van der Waals surface area contributed by atoms with Crippen LogP contribution in [0.25, 0.3) is 79.5 Å². The van der Waals surface area contributed by atoms with E-state index in [-0.39, 0.29) is 5.41 Å². The molecule has 0 N–H and O–H groups in total. The molecule has 1 fully saturated rings. The van der Waals surface area contributed by atoms with Gasteiger partial charge in [0, 0.05) is 38.8 Å². The number of hydrogen-bond acceptors (Lipinski definition) is 6. The number of nitrogens with zero attached hydrogens (tertiary/aromatic N) is 6. The SMILES string of the molecule is c1ccc(-c2ccc(-c3nc(-c4ccccc4)nc(-c4ccc(C5(c6ccc(-c7nc(-c8ccccc8)nc(-c8ccccc8)n7)cc6)CCCCC5)cc4)n3)cc2)cc1. The lowest BCUT2D eigenvalue weighted by atomic mass is 9.65. The molecule has 0 amide bonds. The van der Waals surface area contributed by atoms with Crippen molar-refractivity contribution in [3.63, 3.8) is 0 Å². The fraction of sp³-hybridized carbons (Fsp3) is 0.111. The monoisotopic (exact) mass is 774 g/mol. The topological polar surface area (TPSA) is 77.3 Å². The van der Waals surface area contributed by atoms with E-state index < -0.39 is 0 Å². The second-order valence-electron chi connectivity index (χ2n) is 15.5. The van der Waals surface area contributed by atoms with Gasteiger partial charge in [0.05, 0.1) is 0 Å². The van der Waals surface area contributed by atoms with Crippen LogP contribution in [0.5, 0.6) is 0 Å². The molecule has 2 heterocycles. The third-order valence-corrected chi connectivity index (χ3v) is 11.7. The lowest BCUT2D eigenvalue weighted by molar-refractivity contribution is 0.346. The highest BCUT2D eigenvalue weighted by Crippen LogP contribution is 2.46. The van der Waals surface area contributed by atoms with Crippen LogP contribution < -0.4 is 0 Å². The van der Waals surface area contributed by atoms with E-state index in [1.165, 1.54) is 36.0 Å². The van der Waals surface area contributed by atoms with Crippen molar-refractivity contribution in [2.24, 2.45) is 0 Å². The Morgan fingerprint density at radius 2 is 0.467 bits per heavy atom. The van der Waals surface area contributed by atoms with E-state index in [4.69, 9.17) is 29.9 Å². The Balaban J connectivity index is 0.988. The first-order valence-electron chi connectivity index (χ1n) is 20.7. The van der Waals surface area contributed by atoms with E-state index in [9.17, 15) is 0 Å². The molecule has 6 heteroatoms. The first-order chi connectivity index (χ1) is 29.7. The average molecular weight is 775 g/mol. The lowest BCUT2D eigenvalue weighted by Gasteiger charge is -2.39. The van der Waals surface area contributed by atoms with E-state index in [2.05, 4.69) is 97.1 Å². The molecule has 0 spiro atoms. The van der Waals surface area contributed by atoms with Crippen LogP contribution in [0.4, 0.5) is 0 Å². The van der Waals surface area contributed by atoms with Gasteiger partial charge in [-0.1, -0.05) is 213 Å². The highest BCUT2D eigenvalue weighted by molar-refractivity contribution is 5.71. The summed E-state index contributed by atoms with van der Waals surface area (Å²) in [5, 5.41) is 0. The van der Waals surface area contributed by atoms with Gasteiger partial charge in [0.25, 0.3) is 0 Å². The van der Waals surface area contributed by atoms with Gasteiger partial charge in [-0.25, -0.2) is 29.9 Å². The first kappa shape index (κ1) is 36.9. The summed E-state index contributed by atoms with van der Waals surface area (Å²) in [6, 6.07) is 67.2. The van der Waals surface area contributed by atoms with Gasteiger partial charge in [-0.3, -0.25) is 0 Å². The van der Waals surface area contributed by atoms with Gasteiger partial charge in [-0.15, -0.1) is 0 Å². The molecular formula is C54H42N6. The van der Waals surface area contributed by atoms with Crippen molar-refractivity contribution in [1.82, 2.24) is 29.9 Å². The van der Waals surface area contributed by atoms with Crippen molar-refractivity contribution >= 4 is 0 Å². The Labute approximate surface area is 350 Å². The third-order valence-electron chi connectivity index (χ3n) is 11.7. The Bertz CT molecular complexity index is 2780. The highest BCUT2D eigenvalue weighted by atomic mass is 15.0. The Hall–Kier alpha value is -7.44. The van der Waals surface area contributed by atoms with Crippen LogP contribution in [0.15, 0.2) is 194 Å². The predicted molar refractivity (Wildman–Crippen MR) is 242 cm³/mol. The number of rotatable bonds is 9. The summed E-state index contributed by atoms with van der Waals surface area (Å²) in [4.78, 5) is 29.9. The highest BCUT2D eigenvalue weighted by Gasteiger charge is 2.36. The molecule has 1 aliphatic carbocycles. The van der Waals surface area contributed by atoms with Crippen LogP contribution in [0, 0.1) is 0 Å². The van der Waals surface area contributed by atoms with E-state index in [0.29, 0.717) is 34.9 Å². The van der Waals surface area contributed by atoms with Gasteiger partial charge in [0.2, 0.25) is 0 Å². The summed E-state index contributed by atoms with van der Waals surface area (Å²) >= 11 is 0. The molecule has 60 heavy (non-hydrogen) atoms. The Morgan fingerprint density at radius 1 is 0.233 bits per heavy atom. The van der Waals surface area contributed by atoms with Crippen LogP contribution >= 0.6 is 0 Å². The van der Waals surface area contributed by atoms with Crippen molar-refractivity contribution in [2.45, 2.75) is 37.5 Å². The van der Waals surface area contributed by atoms with Gasteiger partial charge >= 0.3 is 0 Å². The number of hydrogen-bond donors (Lipinski definition) is 0. The summed E-state index contributed by atoms with van der Waals surface area (Å²) in [5.74, 6) is 3.94. The minimum atomic E-state index is -0.112. The molecule has 0 radical (unpaired) electrons. The number of benzene rings is 7. The van der Waals surface area contributed by atoms with Crippen LogP contribution in [0.3, 0.4) is 0 Å². The van der Waals surface area contributed by atoms with Crippen LogP contribution in [0.2, 0.25) is 0 Å². The van der Waals surface area contributed by atoms with Gasteiger partial charge < -0.3 is 0 Å². The minimum absolute atomic E-state index is 0.112. The maximum absolute atomic E-state index is 5.07. The molecule has 10 rings (SSSR count). The molecule has 7 aromatic carbocycles. The van der Waals surface area contributed by atoms with Crippen molar-refractivity contribution in [2.75, 3.05) is 0 Å². The molecule has 0 unspecified atom stereocenters. The second kappa shape index (κ2) is 16.4. The zero-order chi connectivity index (χ0) is 40.1. The maximum atomic E-state index is 5.07. The van der Waals surface area contributed by atoms with Crippen LogP contribution in [-0.2, 0) is 5.41 Å². The van der Waals surface area contributed by atoms with Crippen molar-refractivity contribution < 1.29 is 0 Å². The van der Waals surface area contributed by atoms with E-state index in [0.717, 1.165) is 51.8 Å². The fourth-order valence-corrected chi connectivity index (χ4v) is 8.51. The van der Waals surface area contributed by atoms with E-state index >= 15 is 0 Å². The first-order valence-corrected chi connectivity index (χ1v) is 20.7. The van der Waals surface area contributed by atoms with Gasteiger partial charge in [0.1, 0.15) is 0 Å². The molecule has 0 atom stereocenters. The molecule has 0 saturated heterocycles. The molecule has 0 bridgehead atoms. The van der Waals surface area contributed by atoms with E-state index in [1.54, 1.807) is 0 Å². The summed E-state index contributed by atoms with van der Waals surface area (Å²) in [7, 11) is 0. The zero-order valence-electron chi connectivity index (χ0n) is 33.2. The Kier molecular flexibility index (Phi) is 10.1. The molecule has 288 valence electrons. The quantitative estimate of drug-likeness (QED) is 0.145. The van der Waals surface area contributed by atoms with Crippen LogP contribution in [-0.4, -0.2) is 29.9 Å². The third kappa shape index (κ3) is 7.51. The summed E-state index contributed by atoms with van der Waals surface area (Å²) < 4.78 is 0. The summed E-state index contributed by atoms with van der Waals surface area (Å²) in [6.07, 6.45) is 5.77. The molecular weight excluding hydrogens is 733 g/mol. The maximum Gasteiger partial charge on any atom is 0.164 e. The largest absolute Gasteiger partial charge is 0.208 e. The van der Waals surface area contributed by atoms with Gasteiger partial charge in [-0.2, -0.15) is 0 Å². The molecule has 1 saturated carbocycles. The molecule has 6 nitrogen and oxygen atoms in total. The molecule has 2 aromatic heterocycles. The fourth-order valence-electron chi connectivity index (χ4n) is 8.51. The number of aromatic nitrogens is 6.